The maximum Gasteiger partial charge on any atom is 0.261 e. The number of amides is 1. The summed E-state index contributed by atoms with van der Waals surface area (Å²) in [6.07, 6.45) is 1.28. The molecular weight excluding hydrogens is 421 g/mol. The van der Waals surface area contributed by atoms with Gasteiger partial charge in [-0.05, 0) is 34.1 Å². The summed E-state index contributed by atoms with van der Waals surface area (Å²) in [6, 6.07) is 3.49. The number of aromatic nitrogens is 1. The molecule has 0 aliphatic heterocycles. The van der Waals surface area contributed by atoms with Crippen molar-refractivity contribution in [2.45, 2.75) is 0 Å². The second-order valence-corrected chi connectivity index (χ2v) is 5.82. The first-order valence-electron chi connectivity index (χ1n) is 5.15. The van der Waals surface area contributed by atoms with Crippen molar-refractivity contribution < 1.29 is 13.6 Å². The Morgan fingerprint density at radius 2 is 1.80 bits per heavy atom. The van der Waals surface area contributed by atoms with Crippen molar-refractivity contribution in [1.29, 1.82) is 0 Å². The molecule has 1 aromatic heterocycles. The molecule has 1 aromatic carbocycles. The summed E-state index contributed by atoms with van der Waals surface area (Å²) in [7, 11) is 0. The van der Waals surface area contributed by atoms with Crippen LogP contribution in [0.25, 0.3) is 0 Å². The number of benzene rings is 1. The zero-order valence-corrected chi connectivity index (χ0v) is 13.5. The van der Waals surface area contributed by atoms with Gasteiger partial charge in [-0.15, -0.1) is 0 Å². The van der Waals surface area contributed by atoms with E-state index in [-0.39, 0.29) is 15.3 Å². The van der Waals surface area contributed by atoms with E-state index in [0.717, 1.165) is 12.1 Å². The minimum atomic E-state index is -0.963. The molecule has 1 heterocycles. The molecule has 0 unspecified atom stereocenters. The van der Waals surface area contributed by atoms with Crippen LogP contribution in [0.1, 0.15) is 10.4 Å². The van der Waals surface area contributed by atoms with Crippen LogP contribution in [0.5, 0.6) is 0 Å². The third-order valence-corrected chi connectivity index (χ3v) is 3.88. The predicted molar refractivity (Wildman–Crippen MR) is 79.0 cm³/mol. The van der Waals surface area contributed by atoms with Crippen LogP contribution in [0.4, 0.5) is 14.5 Å². The first-order valence-corrected chi connectivity index (χ1v) is 7.12. The van der Waals surface area contributed by atoms with E-state index in [2.05, 4.69) is 42.2 Å². The number of halogens is 5. The summed E-state index contributed by atoms with van der Waals surface area (Å²) < 4.78 is 27.9. The summed E-state index contributed by atoms with van der Waals surface area (Å²) in [5.74, 6) is -2.84. The van der Waals surface area contributed by atoms with Crippen LogP contribution in [-0.2, 0) is 0 Å². The quantitative estimate of drug-likeness (QED) is 0.702. The van der Waals surface area contributed by atoms with Crippen LogP contribution in [0.3, 0.4) is 0 Å². The van der Waals surface area contributed by atoms with Crippen molar-refractivity contribution in [2.75, 3.05) is 5.32 Å². The number of hydrogen-bond donors (Lipinski definition) is 1. The van der Waals surface area contributed by atoms with E-state index in [9.17, 15) is 13.6 Å². The van der Waals surface area contributed by atoms with E-state index in [1.165, 1.54) is 12.3 Å². The minimum absolute atomic E-state index is 0.208. The van der Waals surface area contributed by atoms with E-state index in [1.807, 2.05) is 0 Å². The highest BCUT2D eigenvalue weighted by atomic mass is 79.9. The Balaban J connectivity index is 2.31. The second kappa shape index (κ2) is 6.15. The van der Waals surface area contributed by atoms with Gasteiger partial charge in [-0.1, -0.05) is 27.5 Å². The average Bonchev–Trinajstić information content (AvgIpc) is 2.32. The summed E-state index contributed by atoms with van der Waals surface area (Å²) in [6.45, 7) is 0. The topological polar surface area (TPSA) is 42.0 Å². The Bertz CT molecular complexity index is 674. The van der Waals surface area contributed by atoms with Crippen LogP contribution < -0.4 is 5.32 Å². The highest BCUT2D eigenvalue weighted by Gasteiger charge is 2.18. The van der Waals surface area contributed by atoms with Gasteiger partial charge in [-0.25, -0.2) is 13.8 Å². The number of pyridine rings is 1. The molecule has 2 rings (SSSR count). The van der Waals surface area contributed by atoms with Crippen LogP contribution in [-0.4, -0.2) is 10.9 Å². The number of nitrogens with one attached hydrogen (secondary N) is 1. The van der Waals surface area contributed by atoms with Gasteiger partial charge in [0.1, 0.15) is 22.4 Å². The maximum absolute atomic E-state index is 13.6. The maximum atomic E-state index is 13.6. The van der Waals surface area contributed by atoms with Crippen molar-refractivity contribution in [1.82, 2.24) is 4.98 Å². The van der Waals surface area contributed by atoms with Crippen molar-refractivity contribution in [3.63, 3.8) is 0 Å². The van der Waals surface area contributed by atoms with Gasteiger partial charge in [-0.3, -0.25) is 4.79 Å². The summed E-state index contributed by atoms with van der Waals surface area (Å²) in [5.41, 5.74) is -0.410. The number of anilines is 1. The van der Waals surface area contributed by atoms with Crippen molar-refractivity contribution in [3.05, 3.63) is 55.7 Å². The SMILES string of the molecule is O=C(Nc1cnc(Cl)c(Br)c1)c1c(F)cc(Br)cc1F. The molecule has 0 saturated carbocycles. The molecule has 1 N–H and O–H groups in total. The molecule has 0 saturated heterocycles. The van der Waals surface area contributed by atoms with Gasteiger partial charge in [-0.2, -0.15) is 0 Å². The molecule has 0 spiro atoms. The number of nitrogens with zero attached hydrogens (tertiary/aromatic N) is 1. The molecule has 3 nitrogen and oxygen atoms in total. The number of carbonyl (C=O) groups excluding carboxylic acids is 1. The number of rotatable bonds is 2. The van der Waals surface area contributed by atoms with Crippen LogP contribution in [0.2, 0.25) is 5.15 Å². The molecule has 0 radical (unpaired) electrons. The van der Waals surface area contributed by atoms with Crippen molar-refractivity contribution >= 4 is 55.1 Å². The third kappa shape index (κ3) is 3.34. The first kappa shape index (κ1) is 15.3. The lowest BCUT2D eigenvalue weighted by Crippen LogP contribution is -2.16. The fourth-order valence-corrected chi connectivity index (χ4v) is 2.30. The standard InChI is InChI=1S/C12H5Br2ClF2N2O/c13-5-1-8(16)10(9(17)2-5)12(20)19-6-3-7(14)11(15)18-4-6/h1-4H,(H,19,20). The van der Waals surface area contributed by atoms with Crippen LogP contribution in [0, 0.1) is 11.6 Å². The molecule has 2 aromatic rings. The molecule has 0 fully saturated rings. The molecule has 1 amide bonds. The Kier molecular flexibility index (Phi) is 4.72. The molecule has 20 heavy (non-hydrogen) atoms. The van der Waals surface area contributed by atoms with Crippen molar-refractivity contribution in [2.24, 2.45) is 0 Å². The van der Waals surface area contributed by atoms with E-state index in [4.69, 9.17) is 11.6 Å². The lowest BCUT2D eigenvalue weighted by atomic mass is 10.2. The third-order valence-electron chi connectivity index (χ3n) is 2.29. The zero-order valence-electron chi connectivity index (χ0n) is 9.55. The fourth-order valence-electron chi connectivity index (χ4n) is 1.44. The molecule has 0 atom stereocenters. The van der Waals surface area contributed by atoms with E-state index in [1.54, 1.807) is 0 Å². The zero-order chi connectivity index (χ0) is 14.9. The van der Waals surface area contributed by atoms with Gasteiger partial charge >= 0.3 is 0 Å². The highest BCUT2D eigenvalue weighted by molar-refractivity contribution is 9.10. The smallest absolute Gasteiger partial charge is 0.261 e. The lowest BCUT2D eigenvalue weighted by Gasteiger charge is -2.08. The van der Waals surface area contributed by atoms with Gasteiger partial charge < -0.3 is 5.32 Å². The summed E-state index contributed by atoms with van der Waals surface area (Å²) in [4.78, 5) is 15.7. The van der Waals surface area contributed by atoms with Crippen molar-refractivity contribution in [3.8, 4) is 0 Å². The Morgan fingerprint density at radius 1 is 1.20 bits per heavy atom. The van der Waals surface area contributed by atoms with Gasteiger partial charge in [0.05, 0.1) is 16.4 Å². The monoisotopic (exact) mass is 424 g/mol. The van der Waals surface area contributed by atoms with Crippen LogP contribution in [0.15, 0.2) is 33.3 Å². The average molecular weight is 426 g/mol. The fraction of sp³-hybridized carbons (Fsp3) is 0. The molecule has 0 aliphatic rings. The number of hydrogen-bond acceptors (Lipinski definition) is 2. The normalized spacial score (nSPS) is 10.4. The van der Waals surface area contributed by atoms with E-state index >= 15 is 0 Å². The van der Waals surface area contributed by atoms with Gasteiger partial charge in [0.15, 0.2) is 0 Å². The summed E-state index contributed by atoms with van der Waals surface area (Å²) in [5, 5.41) is 2.55. The summed E-state index contributed by atoms with van der Waals surface area (Å²) >= 11 is 11.8. The van der Waals surface area contributed by atoms with Crippen LogP contribution >= 0.6 is 43.5 Å². The highest BCUT2D eigenvalue weighted by Crippen LogP contribution is 2.24. The van der Waals surface area contributed by atoms with Gasteiger partial charge in [0, 0.05) is 4.47 Å². The Morgan fingerprint density at radius 3 is 2.35 bits per heavy atom. The number of carbonyl (C=O) groups is 1. The Hall–Kier alpha value is -1.05. The van der Waals surface area contributed by atoms with E-state index < -0.39 is 23.1 Å². The first-order chi connectivity index (χ1) is 9.38. The lowest BCUT2D eigenvalue weighted by molar-refractivity contribution is 0.101. The van der Waals surface area contributed by atoms with E-state index in [0.29, 0.717) is 4.47 Å². The molecular formula is C12H5Br2ClF2N2O. The predicted octanol–water partition coefficient (Wildman–Crippen LogP) is 4.79. The van der Waals surface area contributed by atoms with Gasteiger partial charge in [0.2, 0.25) is 0 Å². The van der Waals surface area contributed by atoms with Gasteiger partial charge in [0.25, 0.3) is 5.91 Å². The molecule has 8 heteroatoms. The Labute approximate surface area is 134 Å². The second-order valence-electron chi connectivity index (χ2n) is 3.70. The minimum Gasteiger partial charge on any atom is -0.320 e. The molecule has 104 valence electrons. The molecule has 0 bridgehead atoms. The molecule has 0 aliphatic carbocycles. The largest absolute Gasteiger partial charge is 0.320 e.